The molecule has 0 saturated heterocycles. The van der Waals surface area contributed by atoms with Gasteiger partial charge in [-0.05, 0) is 41.5 Å². The minimum Gasteiger partial charge on any atom is -0.456 e. The Kier molecular flexibility index (Phi) is 7.33. The second kappa shape index (κ2) is 13.0. The molecule has 0 amide bonds. The van der Waals surface area contributed by atoms with Gasteiger partial charge in [0.15, 0.2) is 17.5 Å². The molecule has 0 N–H and O–H groups in total. The van der Waals surface area contributed by atoms with E-state index in [2.05, 4.69) is 127 Å². The maximum atomic E-state index is 6.24. The van der Waals surface area contributed by atoms with Gasteiger partial charge in [0.2, 0.25) is 0 Å². The van der Waals surface area contributed by atoms with E-state index in [4.69, 9.17) is 24.4 Å². The zero-order valence-corrected chi connectivity index (χ0v) is 31.7. The third-order valence-electron chi connectivity index (χ3n) is 11.1. The Bertz CT molecular complexity index is 3560. The van der Waals surface area contributed by atoms with Gasteiger partial charge < -0.3 is 4.42 Å². The summed E-state index contributed by atoms with van der Waals surface area (Å²) >= 11 is 1.85. The summed E-state index contributed by atoms with van der Waals surface area (Å²) in [5.41, 5.74) is 9.83. The first-order valence-corrected chi connectivity index (χ1v) is 20.1. The van der Waals surface area contributed by atoms with E-state index >= 15 is 0 Å². The maximum Gasteiger partial charge on any atom is 0.164 e. The standard InChI is InChI=1S/C52H30N4OS/c1-3-12-32(13-4-1)48-40-28-29-45-47(46(40)39-17-7-9-20-42(39)53-48)41-19-11-18-36(49(41)58-45)31-22-24-34(25-23-31)51-54-50(33-14-5-2-6-15-33)55-52(56-51)35-26-27-38-37-16-8-10-21-43(37)57-44(38)30-35/h1-30H. The van der Waals surface area contributed by atoms with Gasteiger partial charge >= 0.3 is 0 Å². The molecule has 0 bridgehead atoms. The molecule has 0 spiro atoms. The molecule has 0 radical (unpaired) electrons. The van der Waals surface area contributed by atoms with E-state index in [0.717, 1.165) is 66.4 Å². The van der Waals surface area contributed by atoms with Crippen molar-refractivity contribution in [3.63, 3.8) is 0 Å². The summed E-state index contributed by atoms with van der Waals surface area (Å²) in [6, 6.07) is 63.2. The Hall–Kier alpha value is -7.54. The zero-order valence-electron chi connectivity index (χ0n) is 30.9. The quantitative estimate of drug-likeness (QED) is 0.164. The van der Waals surface area contributed by atoms with Gasteiger partial charge in [-0.15, -0.1) is 11.3 Å². The van der Waals surface area contributed by atoms with Crippen molar-refractivity contribution in [1.29, 1.82) is 0 Å². The van der Waals surface area contributed by atoms with Gasteiger partial charge in [-0.2, -0.15) is 0 Å². The van der Waals surface area contributed by atoms with Gasteiger partial charge in [-0.1, -0.05) is 152 Å². The molecule has 0 aliphatic carbocycles. The highest BCUT2D eigenvalue weighted by atomic mass is 32.1. The highest BCUT2D eigenvalue weighted by molar-refractivity contribution is 7.26. The van der Waals surface area contributed by atoms with Crippen LogP contribution < -0.4 is 0 Å². The van der Waals surface area contributed by atoms with E-state index in [9.17, 15) is 0 Å². The summed E-state index contributed by atoms with van der Waals surface area (Å²) in [4.78, 5) is 20.2. The minimum atomic E-state index is 0.593. The van der Waals surface area contributed by atoms with E-state index in [1.165, 1.54) is 36.5 Å². The Balaban J connectivity index is 0.988. The largest absolute Gasteiger partial charge is 0.456 e. The summed E-state index contributed by atoms with van der Waals surface area (Å²) in [5.74, 6) is 1.83. The Labute approximate surface area is 336 Å². The average Bonchev–Trinajstić information content (AvgIpc) is 3.87. The normalized spacial score (nSPS) is 11.8. The van der Waals surface area contributed by atoms with E-state index in [1.54, 1.807) is 0 Å². The van der Waals surface area contributed by atoms with Crippen LogP contribution in [-0.2, 0) is 0 Å². The smallest absolute Gasteiger partial charge is 0.164 e. The molecule has 12 aromatic rings. The van der Waals surface area contributed by atoms with Crippen LogP contribution in [0.2, 0.25) is 0 Å². The molecule has 0 saturated carbocycles. The topological polar surface area (TPSA) is 64.7 Å². The molecule has 4 aromatic heterocycles. The fourth-order valence-electron chi connectivity index (χ4n) is 8.39. The fraction of sp³-hybridized carbons (Fsp3) is 0. The molecule has 0 fully saturated rings. The van der Waals surface area contributed by atoms with Crippen LogP contribution in [0.25, 0.3) is 120 Å². The van der Waals surface area contributed by atoms with E-state index in [0.29, 0.717) is 17.5 Å². The van der Waals surface area contributed by atoms with E-state index < -0.39 is 0 Å². The SMILES string of the molecule is c1ccc(-c2nc(-c3ccc(-c4cccc5c4sc4ccc6c(-c7ccccc7)nc7ccccc7c6c45)cc3)nc(-c3ccc4c(c3)oc3ccccc34)n2)cc1. The molecule has 0 atom stereocenters. The monoisotopic (exact) mass is 758 g/mol. The van der Waals surface area contributed by atoms with Crippen molar-refractivity contribution in [2.24, 2.45) is 0 Å². The van der Waals surface area contributed by atoms with Gasteiger partial charge in [0.05, 0.1) is 11.2 Å². The van der Waals surface area contributed by atoms with Gasteiger partial charge in [0.25, 0.3) is 0 Å². The zero-order chi connectivity index (χ0) is 38.2. The van der Waals surface area contributed by atoms with Crippen molar-refractivity contribution in [2.75, 3.05) is 0 Å². The number of benzene rings is 8. The number of fused-ring (bicyclic) bond motifs is 10. The van der Waals surface area contributed by atoms with Crippen LogP contribution in [0, 0.1) is 0 Å². The van der Waals surface area contributed by atoms with Crippen LogP contribution in [0.1, 0.15) is 0 Å². The summed E-state index contributed by atoms with van der Waals surface area (Å²) < 4.78 is 8.76. The molecule has 6 heteroatoms. The number of hydrogen-bond acceptors (Lipinski definition) is 6. The number of pyridine rings is 1. The molecule has 0 aliphatic rings. The Morgan fingerprint density at radius 1 is 0.362 bits per heavy atom. The molecule has 270 valence electrons. The first kappa shape index (κ1) is 32.7. The van der Waals surface area contributed by atoms with Gasteiger partial charge in [-0.3, -0.25) is 0 Å². The molecule has 12 rings (SSSR count). The lowest BCUT2D eigenvalue weighted by molar-refractivity contribution is 0.669. The third kappa shape index (κ3) is 5.23. The second-order valence-corrected chi connectivity index (χ2v) is 15.6. The number of nitrogens with zero attached hydrogens (tertiary/aromatic N) is 4. The fourth-order valence-corrected chi connectivity index (χ4v) is 9.63. The highest BCUT2D eigenvalue weighted by Crippen LogP contribution is 2.46. The summed E-state index contributed by atoms with van der Waals surface area (Å²) in [5, 5.41) is 8.26. The lowest BCUT2D eigenvalue weighted by Gasteiger charge is -2.11. The van der Waals surface area contributed by atoms with Crippen molar-refractivity contribution in [3.8, 4) is 56.5 Å². The Morgan fingerprint density at radius 2 is 0.948 bits per heavy atom. The van der Waals surface area contributed by atoms with Crippen molar-refractivity contribution < 1.29 is 4.42 Å². The lowest BCUT2D eigenvalue weighted by Crippen LogP contribution is -2.00. The van der Waals surface area contributed by atoms with Crippen molar-refractivity contribution in [1.82, 2.24) is 19.9 Å². The van der Waals surface area contributed by atoms with Crippen LogP contribution in [0.5, 0.6) is 0 Å². The van der Waals surface area contributed by atoms with Crippen LogP contribution in [0.3, 0.4) is 0 Å². The number of para-hydroxylation sites is 2. The average molecular weight is 759 g/mol. The van der Waals surface area contributed by atoms with Crippen molar-refractivity contribution in [2.45, 2.75) is 0 Å². The lowest BCUT2D eigenvalue weighted by atomic mass is 9.95. The molecular weight excluding hydrogens is 729 g/mol. The first-order chi connectivity index (χ1) is 28.7. The Morgan fingerprint density at radius 3 is 1.74 bits per heavy atom. The summed E-state index contributed by atoms with van der Waals surface area (Å²) in [6.45, 7) is 0. The molecule has 58 heavy (non-hydrogen) atoms. The molecule has 0 unspecified atom stereocenters. The van der Waals surface area contributed by atoms with Crippen LogP contribution in [-0.4, -0.2) is 19.9 Å². The van der Waals surface area contributed by atoms with E-state index in [1.807, 2.05) is 65.9 Å². The highest BCUT2D eigenvalue weighted by Gasteiger charge is 2.19. The third-order valence-corrected chi connectivity index (χ3v) is 12.3. The number of thiophene rings is 1. The maximum absolute atomic E-state index is 6.24. The summed E-state index contributed by atoms with van der Waals surface area (Å²) in [7, 11) is 0. The predicted octanol–water partition coefficient (Wildman–Crippen LogP) is 14.2. The van der Waals surface area contributed by atoms with Crippen molar-refractivity contribution >= 4 is 75.1 Å². The second-order valence-electron chi connectivity index (χ2n) is 14.5. The number of aromatic nitrogens is 4. The molecule has 0 aliphatic heterocycles. The molecule has 8 aromatic carbocycles. The van der Waals surface area contributed by atoms with Crippen LogP contribution in [0.4, 0.5) is 0 Å². The van der Waals surface area contributed by atoms with Crippen LogP contribution >= 0.6 is 11.3 Å². The van der Waals surface area contributed by atoms with Crippen LogP contribution in [0.15, 0.2) is 186 Å². The van der Waals surface area contributed by atoms with Gasteiger partial charge in [0, 0.05) is 69.4 Å². The van der Waals surface area contributed by atoms with Gasteiger partial charge in [-0.25, -0.2) is 19.9 Å². The van der Waals surface area contributed by atoms with E-state index in [-0.39, 0.29) is 0 Å². The summed E-state index contributed by atoms with van der Waals surface area (Å²) in [6.07, 6.45) is 0. The van der Waals surface area contributed by atoms with Gasteiger partial charge in [0.1, 0.15) is 11.2 Å². The minimum absolute atomic E-state index is 0.593. The predicted molar refractivity (Wildman–Crippen MR) is 240 cm³/mol. The number of furan rings is 1. The first-order valence-electron chi connectivity index (χ1n) is 19.3. The van der Waals surface area contributed by atoms with Crippen molar-refractivity contribution in [3.05, 3.63) is 182 Å². The molecule has 5 nitrogen and oxygen atoms in total. The molecular formula is C52H30N4OS. The number of rotatable bonds is 5. The number of hydrogen-bond donors (Lipinski definition) is 0. The molecule has 4 heterocycles.